The summed E-state index contributed by atoms with van der Waals surface area (Å²) in [5.41, 5.74) is 6.57. The van der Waals surface area contributed by atoms with E-state index in [1.165, 1.54) is 6.08 Å². The van der Waals surface area contributed by atoms with Gasteiger partial charge in [-0.05, 0) is 36.3 Å². The van der Waals surface area contributed by atoms with E-state index in [0.717, 1.165) is 5.56 Å². The van der Waals surface area contributed by atoms with Crippen molar-refractivity contribution in [3.8, 4) is 17.6 Å². The lowest BCUT2D eigenvalue weighted by molar-refractivity contribution is -0.120. The SMILES string of the molecule is CCOc1cc(/C=C(\C#N)C(=O)NCc2ccccc2)ccc1OCC(N)=O. The van der Waals surface area contributed by atoms with Crippen LogP contribution in [0.5, 0.6) is 11.5 Å². The van der Waals surface area contributed by atoms with Gasteiger partial charge in [0.05, 0.1) is 6.61 Å². The molecule has 7 heteroatoms. The van der Waals surface area contributed by atoms with Gasteiger partial charge in [0.1, 0.15) is 11.6 Å². The van der Waals surface area contributed by atoms with E-state index in [1.807, 2.05) is 36.4 Å². The quantitative estimate of drug-likeness (QED) is 0.512. The van der Waals surface area contributed by atoms with E-state index in [2.05, 4.69) is 5.32 Å². The number of primary amides is 1. The lowest BCUT2D eigenvalue weighted by atomic mass is 10.1. The molecule has 0 heterocycles. The fourth-order valence-corrected chi connectivity index (χ4v) is 2.34. The molecule has 2 amide bonds. The number of benzene rings is 2. The molecule has 2 rings (SSSR count). The zero-order chi connectivity index (χ0) is 20.4. The number of carbonyl (C=O) groups is 2. The van der Waals surface area contributed by atoms with Crippen molar-refractivity contribution in [2.75, 3.05) is 13.2 Å². The molecule has 0 aliphatic rings. The number of hydrogen-bond acceptors (Lipinski definition) is 5. The molecular weight excluding hydrogens is 358 g/mol. The van der Waals surface area contributed by atoms with Gasteiger partial charge in [-0.1, -0.05) is 36.4 Å². The van der Waals surface area contributed by atoms with E-state index in [9.17, 15) is 14.9 Å². The van der Waals surface area contributed by atoms with Crippen molar-refractivity contribution in [2.24, 2.45) is 5.73 Å². The maximum absolute atomic E-state index is 12.3. The van der Waals surface area contributed by atoms with Crippen molar-refractivity contribution in [3.63, 3.8) is 0 Å². The molecule has 0 atom stereocenters. The van der Waals surface area contributed by atoms with Crippen LogP contribution in [0.2, 0.25) is 0 Å². The molecule has 144 valence electrons. The molecule has 0 radical (unpaired) electrons. The van der Waals surface area contributed by atoms with E-state index in [4.69, 9.17) is 15.2 Å². The van der Waals surface area contributed by atoms with Crippen LogP contribution in [0.4, 0.5) is 0 Å². The molecule has 2 aromatic carbocycles. The molecule has 0 aromatic heterocycles. The van der Waals surface area contributed by atoms with Crippen molar-refractivity contribution in [3.05, 3.63) is 65.2 Å². The molecule has 0 fully saturated rings. The van der Waals surface area contributed by atoms with Gasteiger partial charge in [0.25, 0.3) is 11.8 Å². The molecule has 28 heavy (non-hydrogen) atoms. The van der Waals surface area contributed by atoms with Crippen LogP contribution in [-0.2, 0) is 16.1 Å². The molecule has 7 nitrogen and oxygen atoms in total. The van der Waals surface area contributed by atoms with Gasteiger partial charge in [-0.15, -0.1) is 0 Å². The Bertz CT molecular complexity index is 902. The number of nitrogens with zero attached hydrogens (tertiary/aromatic N) is 1. The normalized spacial score (nSPS) is 10.6. The zero-order valence-corrected chi connectivity index (χ0v) is 15.5. The Balaban J connectivity index is 2.15. The summed E-state index contributed by atoms with van der Waals surface area (Å²) in [6.45, 7) is 2.23. The number of nitrogens with two attached hydrogens (primary N) is 1. The van der Waals surface area contributed by atoms with Crippen molar-refractivity contribution in [1.82, 2.24) is 5.32 Å². The summed E-state index contributed by atoms with van der Waals surface area (Å²) in [6.07, 6.45) is 1.46. The predicted molar refractivity (Wildman–Crippen MR) is 104 cm³/mol. The van der Waals surface area contributed by atoms with Gasteiger partial charge in [0, 0.05) is 6.54 Å². The molecular formula is C21H21N3O4. The van der Waals surface area contributed by atoms with Gasteiger partial charge < -0.3 is 20.5 Å². The second kappa shape index (κ2) is 10.4. The number of ether oxygens (including phenoxy) is 2. The molecule has 0 spiro atoms. The summed E-state index contributed by atoms with van der Waals surface area (Å²) in [5, 5.41) is 12.1. The summed E-state index contributed by atoms with van der Waals surface area (Å²) in [6, 6.07) is 16.2. The second-order valence-corrected chi connectivity index (χ2v) is 5.73. The fourth-order valence-electron chi connectivity index (χ4n) is 2.34. The van der Waals surface area contributed by atoms with Crippen LogP contribution in [0.1, 0.15) is 18.1 Å². The first-order valence-corrected chi connectivity index (χ1v) is 8.65. The predicted octanol–water partition coefficient (Wildman–Crippen LogP) is 2.17. The van der Waals surface area contributed by atoms with Crippen LogP contribution >= 0.6 is 0 Å². The third kappa shape index (κ3) is 6.18. The van der Waals surface area contributed by atoms with Crippen LogP contribution in [0.15, 0.2) is 54.1 Å². The summed E-state index contributed by atoms with van der Waals surface area (Å²) < 4.78 is 10.8. The number of nitrogens with one attached hydrogen (secondary N) is 1. The van der Waals surface area contributed by atoms with Crippen LogP contribution in [0.3, 0.4) is 0 Å². The van der Waals surface area contributed by atoms with Crippen molar-refractivity contribution < 1.29 is 19.1 Å². The highest BCUT2D eigenvalue weighted by molar-refractivity contribution is 6.01. The molecule has 0 aliphatic carbocycles. The standard InChI is InChI=1S/C21H21N3O4/c1-2-27-19-11-16(8-9-18(19)28-14-20(23)25)10-17(12-22)21(26)24-13-15-6-4-3-5-7-15/h3-11H,2,13-14H2,1H3,(H2,23,25)(H,24,26)/b17-10+. The fraction of sp³-hybridized carbons (Fsp3) is 0.190. The number of hydrogen-bond donors (Lipinski definition) is 2. The first-order chi connectivity index (χ1) is 13.5. The van der Waals surface area contributed by atoms with Gasteiger partial charge in [0.15, 0.2) is 18.1 Å². The molecule has 0 saturated heterocycles. The molecule has 2 aromatic rings. The summed E-state index contributed by atoms with van der Waals surface area (Å²) in [7, 11) is 0. The first kappa shape index (κ1) is 20.5. The third-order valence-electron chi connectivity index (χ3n) is 3.61. The van der Waals surface area contributed by atoms with Crippen LogP contribution in [0, 0.1) is 11.3 Å². The maximum Gasteiger partial charge on any atom is 0.262 e. The van der Waals surface area contributed by atoms with Crippen LogP contribution in [-0.4, -0.2) is 25.0 Å². The Hall–Kier alpha value is -3.79. The van der Waals surface area contributed by atoms with Crippen molar-refractivity contribution >= 4 is 17.9 Å². The van der Waals surface area contributed by atoms with E-state index >= 15 is 0 Å². The average Bonchev–Trinajstić information content (AvgIpc) is 2.70. The molecule has 3 N–H and O–H groups in total. The second-order valence-electron chi connectivity index (χ2n) is 5.73. The van der Waals surface area contributed by atoms with E-state index in [0.29, 0.717) is 30.2 Å². The highest BCUT2D eigenvalue weighted by atomic mass is 16.5. The summed E-state index contributed by atoms with van der Waals surface area (Å²) in [4.78, 5) is 23.2. The Morgan fingerprint density at radius 2 is 1.89 bits per heavy atom. The minimum atomic E-state index is -0.603. The van der Waals surface area contributed by atoms with Gasteiger partial charge >= 0.3 is 0 Å². The minimum Gasteiger partial charge on any atom is -0.490 e. The minimum absolute atomic E-state index is 0.0378. The number of amides is 2. The largest absolute Gasteiger partial charge is 0.490 e. The van der Waals surface area contributed by atoms with Crippen molar-refractivity contribution in [2.45, 2.75) is 13.5 Å². The topological polar surface area (TPSA) is 114 Å². The third-order valence-corrected chi connectivity index (χ3v) is 3.61. The van der Waals surface area contributed by atoms with Gasteiger partial charge in [0.2, 0.25) is 0 Å². The van der Waals surface area contributed by atoms with E-state index in [1.54, 1.807) is 25.1 Å². The first-order valence-electron chi connectivity index (χ1n) is 8.65. The Labute approximate surface area is 163 Å². The number of nitriles is 1. The highest BCUT2D eigenvalue weighted by Crippen LogP contribution is 2.29. The lowest BCUT2D eigenvalue weighted by Gasteiger charge is -2.11. The van der Waals surface area contributed by atoms with Gasteiger partial charge in [-0.2, -0.15) is 5.26 Å². The maximum atomic E-state index is 12.3. The van der Waals surface area contributed by atoms with Crippen molar-refractivity contribution in [1.29, 1.82) is 5.26 Å². The Kier molecular flexibility index (Phi) is 7.61. The molecule has 0 aliphatic heterocycles. The molecule has 0 bridgehead atoms. The van der Waals surface area contributed by atoms with Crippen LogP contribution in [0.25, 0.3) is 6.08 Å². The highest BCUT2D eigenvalue weighted by Gasteiger charge is 2.11. The monoisotopic (exact) mass is 379 g/mol. The number of carbonyl (C=O) groups excluding carboxylic acids is 2. The van der Waals surface area contributed by atoms with E-state index in [-0.39, 0.29) is 12.2 Å². The molecule has 0 unspecified atom stereocenters. The zero-order valence-electron chi connectivity index (χ0n) is 15.5. The molecule has 0 saturated carbocycles. The average molecular weight is 379 g/mol. The summed E-state index contributed by atoms with van der Waals surface area (Å²) >= 11 is 0. The lowest BCUT2D eigenvalue weighted by Crippen LogP contribution is -2.23. The van der Waals surface area contributed by atoms with Crippen LogP contribution < -0.4 is 20.5 Å². The van der Waals surface area contributed by atoms with Gasteiger partial charge in [-0.3, -0.25) is 9.59 Å². The smallest absolute Gasteiger partial charge is 0.262 e. The summed E-state index contributed by atoms with van der Waals surface area (Å²) in [5.74, 6) is -0.337. The Morgan fingerprint density at radius 1 is 1.14 bits per heavy atom. The number of rotatable bonds is 9. The van der Waals surface area contributed by atoms with E-state index < -0.39 is 11.8 Å². The Morgan fingerprint density at radius 3 is 2.54 bits per heavy atom. The van der Waals surface area contributed by atoms with Gasteiger partial charge in [-0.25, -0.2) is 0 Å².